The van der Waals surface area contributed by atoms with Crippen LogP contribution in [0.5, 0.6) is 5.75 Å². The minimum atomic E-state index is -0.0787. The number of carbonyl (C=O) groups is 1. The highest BCUT2D eigenvalue weighted by atomic mass is 16.3. The first-order valence-corrected chi connectivity index (χ1v) is 3.07. The van der Waals surface area contributed by atoms with E-state index < -0.39 is 0 Å². The van der Waals surface area contributed by atoms with E-state index in [0.29, 0.717) is 11.8 Å². The van der Waals surface area contributed by atoms with Gasteiger partial charge in [0, 0.05) is 5.56 Å². The first kappa shape index (κ1) is 7.47. The Kier molecular flexibility index (Phi) is 2.01. The first-order valence-electron chi connectivity index (χ1n) is 3.07. The van der Waals surface area contributed by atoms with Crippen molar-refractivity contribution in [1.29, 1.82) is 5.41 Å². The summed E-state index contributed by atoms with van der Waals surface area (Å²) in [6, 6.07) is 5.92. The van der Waals surface area contributed by atoms with Gasteiger partial charge in [-0.3, -0.25) is 10.2 Å². The van der Waals surface area contributed by atoms with Gasteiger partial charge in [0.1, 0.15) is 11.5 Å². The maximum atomic E-state index is 10.1. The summed E-state index contributed by atoms with van der Waals surface area (Å²) < 4.78 is 0. The predicted molar refractivity (Wildman–Crippen MR) is 41.0 cm³/mol. The van der Waals surface area contributed by atoms with Gasteiger partial charge < -0.3 is 5.11 Å². The molecular formula is C8H7NO2. The molecule has 0 heterocycles. The highest BCUT2D eigenvalue weighted by molar-refractivity contribution is 6.34. The molecule has 0 atom stereocenters. The number of carbonyl (C=O) groups excluding carboxylic acids is 1. The number of nitrogens with one attached hydrogen (secondary N) is 1. The fourth-order valence-corrected chi connectivity index (χ4v) is 0.709. The van der Waals surface area contributed by atoms with E-state index in [-0.39, 0.29) is 11.5 Å². The van der Waals surface area contributed by atoms with Gasteiger partial charge in [0.05, 0.1) is 0 Å². The zero-order chi connectivity index (χ0) is 8.27. The van der Waals surface area contributed by atoms with E-state index in [9.17, 15) is 4.79 Å². The summed E-state index contributed by atoms with van der Waals surface area (Å²) >= 11 is 0. The van der Waals surface area contributed by atoms with E-state index in [0.717, 1.165) is 0 Å². The minimum Gasteiger partial charge on any atom is -0.508 e. The molecule has 0 aliphatic carbocycles. The Morgan fingerprint density at radius 2 is 1.91 bits per heavy atom. The van der Waals surface area contributed by atoms with Crippen LogP contribution in [0, 0.1) is 5.41 Å². The maximum absolute atomic E-state index is 10.1. The smallest absolute Gasteiger partial charge is 0.168 e. The average molecular weight is 149 g/mol. The minimum absolute atomic E-state index is 0.0787. The molecule has 11 heavy (non-hydrogen) atoms. The van der Waals surface area contributed by atoms with Gasteiger partial charge >= 0.3 is 0 Å². The van der Waals surface area contributed by atoms with Crippen LogP contribution in [0.25, 0.3) is 0 Å². The predicted octanol–water partition coefficient (Wildman–Crippen LogP) is 0.959. The molecule has 1 rings (SSSR count). The number of phenols is 1. The van der Waals surface area contributed by atoms with Gasteiger partial charge in [-0.15, -0.1) is 0 Å². The zero-order valence-corrected chi connectivity index (χ0v) is 5.74. The van der Waals surface area contributed by atoms with Crippen LogP contribution in [0.1, 0.15) is 5.56 Å². The van der Waals surface area contributed by atoms with Crippen LogP contribution < -0.4 is 0 Å². The summed E-state index contributed by atoms with van der Waals surface area (Å²) in [5, 5.41) is 16.0. The van der Waals surface area contributed by atoms with E-state index in [2.05, 4.69) is 0 Å². The summed E-state index contributed by atoms with van der Waals surface area (Å²) in [5.41, 5.74) is 0.433. The Labute approximate surface area is 63.8 Å². The third-order valence-corrected chi connectivity index (χ3v) is 1.30. The molecular weight excluding hydrogens is 142 g/mol. The van der Waals surface area contributed by atoms with Gasteiger partial charge in [0.2, 0.25) is 0 Å². The van der Waals surface area contributed by atoms with E-state index in [1.807, 2.05) is 0 Å². The summed E-state index contributed by atoms with van der Waals surface area (Å²) in [5.74, 6) is 0.132. The van der Waals surface area contributed by atoms with Crippen molar-refractivity contribution in [3.05, 3.63) is 29.8 Å². The van der Waals surface area contributed by atoms with Crippen LogP contribution in [0.15, 0.2) is 24.3 Å². The summed E-state index contributed by atoms with van der Waals surface area (Å²) in [6.07, 6.45) is 0.465. The summed E-state index contributed by atoms with van der Waals surface area (Å²) in [4.78, 5) is 10.1. The number of rotatable bonds is 2. The SMILES string of the molecule is N=C(C=O)c1ccc(O)cc1. The largest absolute Gasteiger partial charge is 0.508 e. The van der Waals surface area contributed by atoms with Gasteiger partial charge in [-0.25, -0.2) is 0 Å². The maximum Gasteiger partial charge on any atom is 0.168 e. The molecule has 2 N–H and O–H groups in total. The van der Waals surface area contributed by atoms with Gasteiger partial charge in [-0.2, -0.15) is 0 Å². The molecule has 1 aromatic carbocycles. The second kappa shape index (κ2) is 2.96. The number of aldehydes is 1. The van der Waals surface area contributed by atoms with E-state index in [1.54, 1.807) is 0 Å². The molecule has 3 nitrogen and oxygen atoms in total. The van der Waals surface area contributed by atoms with E-state index in [1.165, 1.54) is 24.3 Å². The molecule has 0 radical (unpaired) electrons. The molecule has 0 saturated carbocycles. The Bertz CT molecular complexity index is 277. The molecule has 0 aromatic heterocycles. The molecule has 3 heteroatoms. The fourth-order valence-electron chi connectivity index (χ4n) is 0.709. The van der Waals surface area contributed by atoms with Crippen molar-refractivity contribution >= 4 is 12.0 Å². The second-order valence-corrected chi connectivity index (χ2v) is 2.08. The molecule has 0 amide bonds. The monoisotopic (exact) mass is 149 g/mol. The Balaban J connectivity index is 2.98. The number of phenolic OH excluding ortho intramolecular Hbond substituents is 1. The summed E-state index contributed by atoms with van der Waals surface area (Å²) in [7, 11) is 0. The third kappa shape index (κ3) is 1.64. The molecule has 0 fully saturated rings. The topological polar surface area (TPSA) is 61.2 Å². The number of hydrogen-bond donors (Lipinski definition) is 2. The van der Waals surface area contributed by atoms with Crippen molar-refractivity contribution in [2.24, 2.45) is 0 Å². The van der Waals surface area contributed by atoms with Gasteiger partial charge in [0.15, 0.2) is 6.29 Å². The summed E-state index contributed by atoms with van der Waals surface area (Å²) in [6.45, 7) is 0. The van der Waals surface area contributed by atoms with Crippen molar-refractivity contribution in [3.63, 3.8) is 0 Å². The van der Waals surface area contributed by atoms with Crippen LogP contribution >= 0.6 is 0 Å². The van der Waals surface area contributed by atoms with Crippen molar-refractivity contribution in [1.82, 2.24) is 0 Å². The van der Waals surface area contributed by atoms with Crippen LogP contribution in [-0.4, -0.2) is 17.1 Å². The first-order chi connectivity index (χ1) is 5.24. The van der Waals surface area contributed by atoms with Crippen molar-refractivity contribution in [2.45, 2.75) is 0 Å². The van der Waals surface area contributed by atoms with Crippen LogP contribution in [0.4, 0.5) is 0 Å². The molecule has 56 valence electrons. The standard InChI is InChI=1S/C8H7NO2/c9-8(5-10)6-1-3-7(11)4-2-6/h1-5,9,11H. The molecule has 0 aliphatic heterocycles. The highest BCUT2D eigenvalue weighted by Crippen LogP contribution is 2.08. The molecule has 1 aromatic rings. The van der Waals surface area contributed by atoms with Crippen molar-refractivity contribution < 1.29 is 9.90 Å². The quantitative estimate of drug-likeness (QED) is 0.486. The molecule has 0 saturated heterocycles. The Hall–Kier alpha value is -1.64. The molecule has 0 aliphatic rings. The number of hydrogen-bond acceptors (Lipinski definition) is 3. The van der Waals surface area contributed by atoms with Crippen LogP contribution in [0.3, 0.4) is 0 Å². The van der Waals surface area contributed by atoms with E-state index >= 15 is 0 Å². The number of benzene rings is 1. The lowest BCUT2D eigenvalue weighted by Gasteiger charge is -1.95. The third-order valence-electron chi connectivity index (χ3n) is 1.30. The molecule has 0 spiro atoms. The van der Waals surface area contributed by atoms with Crippen molar-refractivity contribution in [2.75, 3.05) is 0 Å². The fraction of sp³-hybridized carbons (Fsp3) is 0. The van der Waals surface area contributed by atoms with Crippen LogP contribution in [0.2, 0.25) is 0 Å². The molecule has 0 bridgehead atoms. The van der Waals surface area contributed by atoms with Crippen molar-refractivity contribution in [3.8, 4) is 5.75 Å². The molecule has 0 unspecified atom stereocenters. The van der Waals surface area contributed by atoms with E-state index in [4.69, 9.17) is 10.5 Å². The Morgan fingerprint density at radius 3 is 2.36 bits per heavy atom. The van der Waals surface area contributed by atoms with Gasteiger partial charge in [0.25, 0.3) is 0 Å². The average Bonchev–Trinajstić information content (AvgIpc) is 2.05. The normalized spacial score (nSPS) is 9.09. The number of aromatic hydroxyl groups is 1. The lowest BCUT2D eigenvalue weighted by molar-refractivity contribution is -0.102. The lowest BCUT2D eigenvalue weighted by Crippen LogP contribution is -1.98. The second-order valence-electron chi connectivity index (χ2n) is 2.08. The van der Waals surface area contributed by atoms with Gasteiger partial charge in [-0.1, -0.05) is 0 Å². The van der Waals surface area contributed by atoms with Crippen LogP contribution in [-0.2, 0) is 4.79 Å². The highest BCUT2D eigenvalue weighted by Gasteiger charge is 1.97. The van der Waals surface area contributed by atoms with Gasteiger partial charge in [-0.05, 0) is 24.3 Å². The zero-order valence-electron chi connectivity index (χ0n) is 5.74. The Morgan fingerprint density at radius 1 is 1.36 bits per heavy atom. The lowest BCUT2D eigenvalue weighted by atomic mass is 10.1.